The highest BCUT2D eigenvalue weighted by Crippen LogP contribution is 2.15. The number of aliphatic hydroxyl groups excluding tert-OH is 1. The van der Waals surface area contributed by atoms with E-state index in [1.807, 2.05) is 12.2 Å². The van der Waals surface area contributed by atoms with Gasteiger partial charge in [0, 0.05) is 12.6 Å². The maximum Gasteiger partial charge on any atom is 0.254 e. The van der Waals surface area contributed by atoms with E-state index in [1.165, 1.54) is 6.21 Å². The molecule has 0 heterocycles. The molecule has 0 saturated heterocycles. The number of aliphatic hydroxyl groups is 1. The fourth-order valence-corrected chi connectivity index (χ4v) is 3.16. The predicted octanol–water partition coefficient (Wildman–Crippen LogP) is 7.34. The zero-order chi connectivity index (χ0) is 26.1. The van der Waals surface area contributed by atoms with E-state index >= 15 is 0 Å². The molecule has 1 aliphatic rings. The molecule has 0 radical (unpaired) electrons. The van der Waals surface area contributed by atoms with Crippen LogP contribution in [0.15, 0.2) is 101 Å². The molecule has 0 saturated carbocycles. The van der Waals surface area contributed by atoms with Crippen LogP contribution in [-0.4, -0.2) is 29.7 Å². The van der Waals surface area contributed by atoms with Gasteiger partial charge >= 0.3 is 0 Å². The Morgan fingerprint density at radius 1 is 0.806 bits per heavy atom. The van der Waals surface area contributed by atoms with Gasteiger partial charge < -0.3 is 10.4 Å². The first kappa shape index (κ1) is 30.6. The highest BCUT2D eigenvalue weighted by atomic mass is 16.3. The van der Waals surface area contributed by atoms with Gasteiger partial charge in [-0.15, -0.1) is 0 Å². The average molecular weight is 491 g/mol. The highest BCUT2D eigenvalue weighted by Gasteiger charge is 2.14. The van der Waals surface area contributed by atoms with Gasteiger partial charge in [-0.05, 0) is 63.9 Å². The number of aliphatic imine (C=N–C) groups is 1. The molecule has 2 amide bonds. The number of nitrogens with zero attached hydrogens (tertiary/aromatic N) is 1. The maximum atomic E-state index is 12.0. The molecule has 5 heteroatoms. The number of hydrogen-bond donors (Lipinski definition) is 2. The van der Waals surface area contributed by atoms with Crippen LogP contribution < -0.4 is 5.32 Å². The Morgan fingerprint density at radius 2 is 1.31 bits per heavy atom. The lowest BCUT2D eigenvalue weighted by molar-refractivity contribution is -0.118. The minimum absolute atomic E-state index is 0.00290. The molecule has 0 aliphatic heterocycles. The minimum Gasteiger partial charge on any atom is -0.507 e. The number of carbonyl (C=O) groups is 2. The molecule has 0 atom stereocenters. The third-order valence-electron chi connectivity index (χ3n) is 5.08. The Labute approximate surface area is 217 Å². The summed E-state index contributed by atoms with van der Waals surface area (Å²) in [5.41, 5.74) is 0.277. The van der Waals surface area contributed by atoms with Gasteiger partial charge in [-0.25, -0.2) is 4.99 Å². The maximum absolute atomic E-state index is 12.0. The van der Waals surface area contributed by atoms with Crippen LogP contribution in [0.25, 0.3) is 0 Å². The van der Waals surface area contributed by atoms with E-state index in [-0.39, 0.29) is 29.7 Å². The molecule has 0 spiro atoms. The van der Waals surface area contributed by atoms with Crippen molar-refractivity contribution in [2.45, 2.75) is 71.1 Å². The quantitative estimate of drug-likeness (QED) is 0.165. The number of nitrogens with one attached hydrogen (secondary N) is 1. The smallest absolute Gasteiger partial charge is 0.254 e. The first-order chi connectivity index (χ1) is 17.6. The van der Waals surface area contributed by atoms with E-state index in [0.29, 0.717) is 12.8 Å². The van der Waals surface area contributed by atoms with Gasteiger partial charge in [0.15, 0.2) is 0 Å². The molecule has 0 aromatic carbocycles. The van der Waals surface area contributed by atoms with E-state index < -0.39 is 0 Å². The van der Waals surface area contributed by atoms with Gasteiger partial charge in [-0.2, -0.15) is 0 Å². The Balaban J connectivity index is 2.03. The lowest BCUT2D eigenvalue weighted by Gasteiger charge is -2.10. The molecule has 5 nitrogen and oxygen atoms in total. The number of rotatable bonds is 17. The molecule has 0 aromatic rings. The fraction of sp³-hybridized carbons (Fsp3) is 0.387. The first-order valence-corrected chi connectivity index (χ1v) is 13.0. The fourth-order valence-electron chi connectivity index (χ4n) is 3.16. The summed E-state index contributed by atoms with van der Waals surface area (Å²) < 4.78 is 0. The minimum atomic E-state index is -0.361. The van der Waals surface area contributed by atoms with Crippen LogP contribution in [0.1, 0.15) is 71.1 Å². The van der Waals surface area contributed by atoms with Crippen molar-refractivity contribution in [3.63, 3.8) is 0 Å². The third-order valence-corrected chi connectivity index (χ3v) is 5.08. The van der Waals surface area contributed by atoms with Gasteiger partial charge in [-0.3, -0.25) is 9.59 Å². The molecule has 194 valence electrons. The zero-order valence-corrected chi connectivity index (χ0v) is 21.6. The van der Waals surface area contributed by atoms with Crippen LogP contribution in [0.3, 0.4) is 0 Å². The predicted molar refractivity (Wildman–Crippen MR) is 152 cm³/mol. The van der Waals surface area contributed by atoms with Gasteiger partial charge in [0.05, 0.1) is 12.1 Å². The lowest BCUT2D eigenvalue weighted by Crippen LogP contribution is -2.28. The molecule has 2 N–H and O–H groups in total. The Kier molecular flexibility index (Phi) is 18.7. The van der Waals surface area contributed by atoms with Gasteiger partial charge in [0.25, 0.3) is 5.91 Å². The first-order valence-electron chi connectivity index (χ1n) is 13.0. The molecular weight excluding hydrogens is 448 g/mol. The zero-order valence-electron chi connectivity index (χ0n) is 21.6. The largest absolute Gasteiger partial charge is 0.507 e. The third kappa shape index (κ3) is 17.0. The van der Waals surface area contributed by atoms with Gasteiger partial charge in [-0.1, -0.05) is 85.9 Å². The number of allylic oxidation sites excluding steroid dienone is 14. The molecular formula is C31H42N2O3. The van der Waals surface area contributed by atoms with E-state index in [4.69, 9.17) is 0 Å². The summed E-state index contributed by atoms with van der Waals surface area (Å²) >= 11 is 0. The van der Waals surface area contributed by atoms with Crippen molar-refractivity contribution in [3.05, 3.63) is 96.4 Å². The molecule has 0 bridgehead atoms. The molecule has 0 fully saturated rings. The standard InChI is InChI=1S/C31H42N2O3/c1-2-3-4-5-6-7-8-9-10-11-12-13-14-15-16-17-18-19-20-25-30(35)32-26-27-33-31(36)28-23-21-22-24-29(28)34/h3-4,6-7,9-10,12-13,15-16,18-19,23-24,26,34H,2,5,8,11,14,17,20-22,25,27H2,1H3,(H,33,36)/b4-3-,7-6-,10-9-,13-12-,16-15-,19-18-,32-26?. The number of amides is 2. The molecule has 36 heavy (non-hydrogen) atoms. The van der Waals surface area contributed by atoms with Crippen molar-refractivity contribution < 1.29 is 14.7 Å². The summed E-state index contributed by atoms with van der Waals surface area (Å²) in [6.07, 6.45) is 38.8. The van der Waals surface area contributed by atoms with Gasteiger partial charge in [0.1, 0.15) is 5.76 Å². The summed E-state index contributed by atoms with van der Waals surface area (Å²) in [5.74, 6) is -0.577. The Bertz CT molecular complexity index is 912. The van der Waals surface area contributed by atoms with Crippen LogP contribution in [0, 0.1) is 0 Å². The highest BCUT2D eigenvalue weighted by molar-refractivity contribution is 5.98. The van der Waals surface area contributed by atoms with Gasteiger partial charge in [0.2, 0.25) is 5.91 Å². The van der Waals surface area contributed by atoms with Crippen LogP contribution >= 0.6 is 0 Å². The van der Waals surface area contributed by atoms with Crippen LogP contribution in [0.4, 0.5) is 0 Å². The monoisotopic (exact) mass is 490 g/mol. The lowest BCUT2D eigenvalue weighted by atomic mass is 10.0. The van der Waals surface area contributed by atoms with Crippen molar-refractivity contribution in [2.24, 2.45) is 4.99 Å². The second-order valence-electron chi connectivity index (χ2n) is 8.15. The second kappa shape index (κ2) is 22.0. The molecule has 0 aromatic heterocycles. The summed E-state index contributed by atoms with van der Waals surface area (Å²) in [6, 6.07) is 0. The van der Waals surface area contributed by atoms with Crippen molar-refractivity contribution >= 4 is 18.0 Å². The average Bonchev–Trinajstić information content (AvgIpc) is 2.88. The van der Waals surface area contributed by atoms with Crippen molar-refractivity contribution in [1.29, 1.82) is 0 Å². The van der Waals surface area contributed by atoms with Crippen molar-refractivity contribution in [2.75, 3.05) is 6.54 Å². The molecule has 1 aliphatic carbocycles. The van der Waals surface area contributed by atoms with E-state index in [0.717, 1.165) is 51.4 Å². The SMILES string of the molecule is CC/C=C\C/C=C\C/C=C\C/C=C\C/C=C\C/C=C\CCC(=O)N=CCNC(=O)C1=CCCC=C1O. The number of hydrogen-bond acceptors (Lipinski definition) is 3. The van der Waals surface area contributed by atoms with E-state index in [2.05, 4.69) is 78.0 Å². The molecule has 0 unspecified atom stereocenters. The second-order valence-corrected chi connectivity index (χ2v) is 8.15. The van der Waals surface area contributed by atoms with Crippen LogP contribution in [0.5, 0.6) is 0 Å². The topological polar surface area (TPSA) is 78.8 Å². The van der Waals surface area contributed by atoms with E-state index in [1.54, 1.807) is 12.2 Å². The van der Waals surface area contributed by atoms with Crippen molar-refractivity contribution in [3.8, 4) is 0 Å². The molecule has 1 rings (SSSR count). The van der Waals surface area contributed by atoms with Crippen LogP contribution in [0.2, 0.25) is 0 Å². The Morgan fingerprint density at radius 3 is 1.83 bits per heavy atom. The van der Waals surface area contributed by atoms with Crippen LogP contribution in [-0.2, 0) is 9.59 Å². The van der Waals surface area contributed by atoms with Crippen molar-refractivity contribution in [1.82, 2.24) is 5.32 Å². The number of carbonyl (C=O) groups excluding carboxylic acids is 2. The summed E-state index contributed by atoms with van der Waals surface area (Å²) in [6.45, 7) is 2.29. The summed E-state index contributed by atoms with van der Waals surface area (Å²) in [4.78, 5) is 27.6. The Hall–Kier alpha value is -3.47. The summed E-state index contributed by atoms with van der Waals surface area (Å²) in [5, 5.41) is 12.3. The van der Waals surface area contributed by atoms with E-state index in [9.17, 15) is 14.7 Å². The summed E-state index contributed by atoms with van der Waals surface area (Å²) in [7, 11) is 0. The normalized spacial score (nSPS) is 14.9.